The van der Waals surface area contributed by atoms with Gasteiger partial charge < -0.3 is 4.57 Å². The van der Waals surface area contributed by atoms with Crippen LogP contribution in [0.3, 0.4) is 0 Å². The lowest BCUT2D eigenvalue weighted by atomic mass is 10.0. The molecule has 0 aliphatic carbocycles. The zero-order valence-corrected chi connectivity index (χ0v) is 25.1. The highest BCUT2D eigenvalue weighted by molar-refractivity contribution is 7.80. The Morgan fingerprint density at radius 2 is 1.30 bits per heavy atom. The third kappa shape index (κ3) is 5.43. The van der Waals surface area contributed by atoms with E-state index in [1.54, 1.807) is 6.08 Å². The Balaban J connectivity index is 1.62. The summed E-state index contributed by atoms with van der Waals surface area (Å²) in [6.07, 6.45) is 2.41. The largest absolute Gasteiger partial charge is 0.309 e. The number of anilines is 1. The van der Waals surface area contributed by atoms with E-state index in [1.165, 1.54) is 9.80 Å². The Kier molecular flexibility index (Phi) is 8.05. The van der Waals surface area contributed by atoms with Crippen LogP contribution in [0.2, 0.25) is 5.02 Å². The van der Waals surface area contributed by atoms with E-state index in [1.807, 2.05) is 128 Å². The van der Waals surface area contributed by atoms with Crippen LogP contribution in [0.15, 0.2) is 127 Å². The standard InChI is InChI=1S/C36H28ClN3O2S/c1-2-22-38-34(41)31(35(42)40(36(38)43)29-16-10-5-11-17-29)23-27-24-32(25-12-6-3-7-13-25)39(30-20-18-28(37)19-21-30)33(27)26-14-8-4-9-15-26/h3-21,23-24H,2,22H2,1H3/b31-23-. The quantitative estimate of drug-likeness (QED) is 0.107. The highest BCUT2D eigenvalue weighted by Gasteiger charge is 2.40. The summed E-state index contributed by atoms with van der Waals surface area (Å²) in [5.41, 5.74) is 5.96. The molecule has 2 amide bonds. The molecular weight excluding hydrogens is 574 g/mol. The summed E-state index contributed by atoms with van der Waals surface area (Å²) in [4.78, 5) is 31.0. The van der Waals surface area contributed by atoms with Gasteiger partial charge in [-0.15, -0.1) is 0 Å². The molecule has 2 heterocycles. The number of hydrogen-bond donors (Lipinski definition) is 0. The average molecular weight is 602 g/mol. The third-order valence-electron chi connectivity index (χ3n) is 7.32. The molecule has 5 nitrogen and oxygen atoms in total. The monoisotopic (exact) mass is 601 g/mol. The number of carbonyl (C=O) groups excluding carboxylic acids is 2. The molecule has 0 saturated carbocycles. The van der Waals surface area contributed by atoms with E-state index in [0.29, 0.717) is 23.7 Å². The van der Waals surface area contributed by atoms with Crippen LogP contribution in [-0.4, -0.2) is 32.9 Å². The van der Waals surface area contributed by atoms with Crippen LogP contribution in [-0.2, 0) is 9.59 Å². The van der Waals surface area contributed by atoms with E-state index in [9.17, 15) is 9.59 Å². The number of hydrogen-bond acceptors (Lipinski definition) is 3. The fraction of sp³-hybridized carbons (Fsp3) is 0.0833. The van der Waals surface area contributed by atoms with Crippen LogP contribution in [0.4, 0.5) is 5.69 Å². The lowest BCUT2D eigenvalue weighted by Crippen LogP contribution is -2.56. The van der Waals surface area contributed by atoms with Crippen molar-refractivity contribution in [3.63, 3.8) is 0 Å². The van der Waals surface area contributed by atoms with Gasteiger partial charge in [-0.3, -0.25) is 19.4 Å². The van der Waals surface area contributed by atoms with Gasteiger partial charge in [0, 0.05) is 22.8 Å². The smallest absolute Gasteiger partial charge is 0.270 e. The number of benzene rings is 4. The van der Waals surface area contributed by atoms with Crippen LogP contribution < -0.4 is 4.90 Å². The van der Waals surface area contributed by atoms with Crippen molar-refractivity contribution in [2.75, 3.05) is 11.4 Å². The molecule has 0 unspecified atom stereocenters. The maximum atomic E-state index is 14.1. The normalized spacial score (nSPS) is 14.6. The number of carbonyl (C=O) groups is 2. The molecule has 5 aromatic rings. The van der Waals surface area contributed by atoms with Gasteiger partial charge in [0.05, 0.1) is 17.1 Å². The van der Waals surface area contributed by atoms with E-state index in [0.717, 1.165) is 33.8 Å². The second kappa shape index (κ2) is 12.2. The number of halogens is 1. The number of rotatable bonds is 7. The summed E-state index contributed by atoms with van der Waals surface area (Å²) in [6, 6.07) is 38.9. The van der Waals surface area contributed by atoms with Crippen molar-refractivity contribution in [3.8, 4) is 28.2 Å². The van der Waals surface area contributed by atoms with Gasteiger partial charge in [-0.2, -0.15) is 0 Å². The maximum Gasteiger partial charge on any atom is 0.270 e. The second-order valence-electron chi connectivity index (χ2n) is 10.2. The predicted molar refractivity (Wildman–Crippen MR) is 178 cm³/mol. The summed E-state index contributed by atoms with van der Waals surface area (Å²) in [6.45, 7) is 2.38. The molecule has 1 aliphatic heterocycles. The number of aromatic nitrogens is 1. The molecule has 0 spiro atoms. The molecule has 0 radical (unpaired) electrons. The van der Waals surface area contributed by atoms with Crippen molar-refractivity contribution in [1.82, 2.24) is 9.47 Å². The van der Waals surface area contributed by atoms with Gasteiger partial charge in [-0.25, -0.2) is 0 Å². The molecule has 1 saturated heterocycles. The van der Waals surface area contributed by atoms with E-state index in [2.05, 4.69) is 4.57 Å². The zero-order valence-electron chi connectivity index (χ0n) is 23.5. The van der Waals surface area contributed by atoms with Crippen LogP contribution in [0, 0.1) is 0 Å². The van der Waals surface area contributed by atoms with Crippen molar-refractivity contribution >= 4 is 52.5 Å². The molecule has 6 rings (SSSR count). The summed E-state index contributed by atoms with van der Waals surface area (Å²) in [7, 11) is 0. The van der Waals surface area contributed by atoms with Crippen LogP contribution in [0.1, 0.15) is 18.9 Å². The molecule has 4 aromatic carbocycles. The number of para-hydroxylation sites is 1. The van der Waals surface area contributed by atoms with E-state index < -0.39 is 11.8 Å². The minimum Gasteiger partial charge on any atom is -0.309 e. The molecular formula is C36H28ClN3O2S. The van der Waals surface area contributed by atoms with Gasteiger partial charge in [0.1, 0.15) is 5.57 Å². The minimum absolute atomic E-state index is 0.0518. The van der Waals surface area contributed by atoms with Crippen LogP contribution in [0.25, 0.3) is 34.3 Å². The number of nitrogens with zero attached hydrogens (tertiary/aromatic N) is 3. The Hall–Kier alpha value is -4.78. The lowest BCUT2D eigenvalue weighted by Gasteiger charge is -2.36. The van der Waals surface area contributed by atoms with Crippen molar-refractivity contribution < 1.29 is 9.59 Å². The first-order valence-electron chi connectivity index (χ1n) is 14.1. The van der Waals surface area contributed by atoms with Gasteiger partial charge in [0.15, 0.2) is 5.11 Å². The Morgan fingerprint density at radius 1 is 0.721 bits per heavy atom. The lowest BCUT2D eigenvalue weighted by molar-refractivity contribution is -0.127. The maximum absolute atomic E-state index is 14.1. The first kappa shape index (κ1) is 28.3. The topological polar surface area (TPSA) is 45.6 Å². The number of thiocarbonyl (C=S) groups is 1. The van der Waals surface area contributed by atoms with Gasteiger partial charge in [0.25, 0.3) is 11.8 Å². The van der Waals surface area contributed by atoms with Gasteiger partial charge >= 0.3 is 0 Å². The van der Waals surface area contributed by atoms with E-state index >= 15 is 0 Å². The predicted octanol–water partition coefficient (Wildman–Crippen LogP) is 8.42. The van der Waals surface area contributed by atoms with E-state index in [4.69, 9.17) is 23.8 Å². The molecule has 7 heteroatoms. The van der Waals surface area contributed by atoms with Crippen LogP contribution >= 0.6 is 23.8 Å². The first-order valence-corrected chi connectivity index (χ1v) is 14.9. The molecule has 0 atom stereocenters. The van der Waals surface area contributed by atoms with Gasteiger partial charge in [-0.1, -0.05) is 97.4 Å². The highest BCUT2D eigenvalue weighted by Crippen LogP contribution is 2.38. The summed E-state index contributed by atoms with van der Waals surface area (Å²) < 4.78 is 2.15. The number of amides is 2. The Labute approximate surface area is 261 Å². The van der Waals surface area contributed by atoms with E-state index in [-0.39, 0.29) is 10.7 Å². The average Bonchev–Trinajstić information content (AvgIpc) is 3.42. The van der Waals surface area contributed by atoms with Crippen molar-refractivity contribution in [2.24, 2.45) is 0 Å². The molecule has 0 N–H and O–H groups in total. The van der Waals surface area contributed by atoms with Crippen molar-refractivity contribution in [2.45, 2.75) is 13.3 Å². The molecule has 1 fully saturated rings. The van der Waals surface area contributed by atoms with Crippen LogP contribution in [0.5, 0.6) is 0 Å². The first-order chi connectivity index (χ1) is 21.0. The third-order valence-corrected chi connectivity index (χ3v) is 7.98. The summed E-state index contributed by atoms with van der Waals surface area (Å²) >= 11 is 12.0. The molecule has 212 valence electrons. The molecule has 0 bridgehead atoms. The van der Waals surface area contributed by atoms with Gasteiger partial charge in [-0.05, 0) is 78.3 Å². The Morgan fingerprint density at radius 3 is 1.91 bits per heavy atom. The Bertz CT molecular complexity index is 1830. The van der Waals surface area contributed by atoms with Crippen molar-refractivity contribution in [3.05, 3.63) is 137 Å². The second-order valence-corrected chi connectivity index (χ2v) is 11.0. The zero-order chi connectivity index (χ0) is 29.9. The fourth-order valence-corrected chi connectivity index (χ4v) is 5.86. The SMILES string of the molecule is CCCN1C(=O)/C(=C/c2cc(-c3ccccc3)n(-c3ccc(Cl)cc3)c2-c2ccccc2)C(=O)N(c2ccccc2)C1=S. The molecule has 1 aliphatic rings. The summed E-state index contributed by atoms with van der Waals surface area (Å²) in [5, 5.41) is 0.819. The van der Waals surface area contributed by atoms with Crippen molar-refractivity contribution in [1.29, 1.82) is 0 Å². The highest BCUT2D eigenvalue weighted by atomic mass is 35.5. The van der Waals surface area contributed by atoms with Gasteiger partial charge in [0.2, 0.25) is 0 Å². The molecule has 43 heavy (non-hydrogen) atoms. The molecule has 1 aromatic heterocycles. The summed E-state index contributed by atoms with van der Waals surface area (Å²) in [5.74, 6) is -0.850. The minimum atomic E-state index is -0.451. The fourth-order valence-electron chi connectivity index (χ4n) is 5.37.